The summed E-state index contributed by atoms with van der Waals surface area (Å²) in [5.74, 6) is -0.545. The molecule has 4 rings (SSSR count). The van der Waals surface area contributed by atoms with E-state index in [1.807, 2.05) is 48.7 Å². The second kappa shape index (κ2) is 6.29. The fourth-order valence-corrected chi connectivity index (χ4v) is 3.12. The number of rotatable bonds is 3. The van der Waals surface area contributed by atoms with Crippen molar-refractivity contribution in [2.75, 3.05) is 0 Å². The van der Waals surface area contributed by atoms with Crippen molar-refractivity contribution in [3.8, 4) is 28.6 Å². The smallest absolute Gasteiger partial charge is 0.212 e. The Balaban J connectivity index is 1.97. The molecule has 0 bridgehead atoms. The van der Waals surface area contributed by atoms with Crippen molar-refractivity contribution < 1.29 is 4.39 Å². The zero-order chi connectivity index (χ0) is 19.0. The van der Waals surface area contributed by atoms with Crippen molar-refractivity contribution >= 4 is 11.0 Å². The predicted molar refractivity (Wildman–Crippen MR) is 101 cm³/mol. The molecule has 0 aromatic carbocycles. The fraction of sp³-hybridized carbons (Fsp3) is 0.143. The zero-order valence-corrected chi connectivity index (χ0v) is 14.9. The molecule has 4 aromatic heterocycles. The Bertz CT molecular complexity index is 1160. The van der Waals surface area contributed by atoms with Gasteiger partial charge in [-0.2, -0.15) is 9.65 Å². The van der Waals surface area contributed by atoms with Gasteiger partial charge in [-0.3, -0.25) is 4.98 Å². The van der Waals surface area contributed by atoms with Gasteiger partial charge in [0.05, 0.1) is 17.5 Å². The van der Waals surface area contributed by atoms with E-state index in [4.69, 9.17) is 0 Å². The first-order chi connectivity index (χ1) is 13.0. The number of nitriles is 1. The number of hydrogen-bond acceptors (Lipinski definition) is 4. The summed E-state index contributed by atoms with van der Waals surface area (Å²) in [5.41, 5.74) is 3.03. The minimum Gasteiger partial charge on any atom is -0.307 e. The Hall–Kier alpha value is -3.59. The Morgan fingerprint density at radius 3 is 2.48 bits per heavy atom. The van der Waals surface area contributed by atoms with Gasteiger partial charge < -0.3 is 4.57 Å². The average Bonchev–Trinajstić information content (AvgIpc) is 3.08. The first-order valence-corrected chi connectivity index (χ1v) is 8.46. The van der Waals surface area contributed by atoms with Gasteiger partial charge in [0.2, 0.25) is 5.95 Å². The second-order valence-corrected chi connectivity index (χ2v) is 6.76. The quantitative estimate of drug-likeness (QED) is 0.504. The molecule has 0 saturated heterocycles. The van der Waals surface area contributed by atoms with Gasteiger partial charge in [-0.1, -0.05) is 6.07 Å². The highest BCUT2D eigenvalue weighted by Crippen LogP contribution is 2.34. The van der Waals surface area contributed by atoms with E-state index in [-0.39, 0.29) is 0 Å². The predicted octanol–water partition coefficient (Wildman–Crippen LogP) is 4.56. The molecule has 4 heterocycles. The van der Waals surface area contributed by atoms with E-state index in [0.29, 0.717) is 5.65 Å². The molecule has 0 spiro atoms. The summed E-state index contributed by atoms with van der Waals surface area (Å²) in [6.07, 6.45) is 4.95. The molecule has 0 aliphatic heterocycles. The van der Waals surface area contributed by atoms with Crippen LogP contribution in [0.3, 0.4) is 0 Å². The van der Waals surface area contributed by atoms with Crippen molar-refractivity contribution in [2.24, 2.45) is 0 Å². The van der Waals surface area contributed by atoms with E-state index in [1.54, 1.807) is 18.5 Å². The Morgan fingerprint density at radius 2 is 1.81 bits per heavy atom. The van der Waals surface area contributed by atoms with Gasteiger partial charge in [-0.25, -0.2) is 9.97 Å². The third-order valence-electron chi connectivity index (χ3n) is 4.46. The number of fused-ring (bicyclic) bond motifs is 1. The molecular weight excluding hydrogens is 341 g/mol. The molecular formula is C21H16FN5. The van der Waals surface area contributed by atoms with Crippen LogP contribution in [0.15, 0.2) is 61.1 Å². The van der Waals surface area contributed by atoms with Gasteiger partial charge in [0.15, 0.2) is 0 Å². The monoisotopic (exact) mass is 357 g/mol. The number of hydrogen-bond donors (Lipinski definition) is 0. The van der Waals surface area contributed by atoms with Gasteiger partial charge in [-0.05, 0) is 50.2 Å². The third kappa shape index (κ3) is 2.93. The third-order valence-corrected chi connectivity index (χ3v) is 4.46. The molecule has 0 N–H and O–H groups in total. The summed E-state index contributed by atoms with van der Waals surface area (Å²) >= 11 is 0. The molecule has 0 aliphatic carbocycles. The van der Waals surface area contributed by atoms with E-state index in [0.717, 1.165) is 27.9 Å². The lowest BCUT2D eigenvalue weighted by atomic mass is 10.1. The van der Waals surface area contributed by atoms with Crippen molar-refractivity contribution in [2.45, 2.75) is 19.4 Å². The second-order valence-electron chi connectivity index (χ2n) is 6.76. The minimum absolute atomic E-state index is 0.545. The molecule has 0 amide bonds. The van der Waals surface area contributed by atoms with E-state index >= 15 is 0 Å². The van der Waals surface area contributed by atoms with Crippen LogP contribution < -0.4 is 0 Å². The van der Waals surface area contributed by atoms with Crippen molar-refractivity contribution in [1.82, 2.24) is 19.5 Å². The summed E-state index contributed by atoms with van der Waals surface area (Å²) < 4.78 is 15.1. The minimum atomic E-state index is -0.842. The summed E-state index contributed by atoms with van der Waals surface area (Å²) in [6.45, 7) is 3.64. The summed E-state index contributed by atoms with van der Waals surface area (Å²) in [5, 5.41) is 10.6. The highest BCUT2D eigenvalue weighted by atomic mass is 19.1. The van der Waals surface area contributed by atoms with Gasteiger partial charge in [0, 0.05) is 35.1 Å². The molecule has 6 heteroatoms. The number of aromatic nitrogens is 4. The SMILES string of the molecule is CC(C)(C#N)n1c(-c2ccc(F)nc2)cc2cc(-c3ccccn3)cnc21. The highest BCUT2D eigenvalue weighted by Gasteiger charge is 2.26. The lowest BCUT2D eigenvalue weighted by Crippen LogP contribution is -2.25. The van der Waals surface area contributed by atoms with Crippen LogP contribution in [-0.4, -0.2) is 19.5 Å². The topological polar surface area (TPSA) is 67.4 Å². The first-order valence-electron chi connectivity index (χ1n) is 8.46. The lowest BCUT2D eigenvalue weighted by molar-refractivity contribution is 0.486. The maximum Gasteiger partial charge on any atom is 0.212 e. The normalized spacial score (nSPS) is 11.5. The van der Waals surface area contributed by atoms with E-state index in [2.05, 4.69) is 21.0 Å². The molecule has 0 fully saturated rings. The van der Waals surface area contributed by atoms with Crippen LogP contribution in [0.1, 0.15) is 13.8 Å². The standard InChI is InChI=1S/C21H16FN5/c1-21(2,13-23)27-18(14-6-7-19(22)25-11-14)10-15-9-16(12-26-20(15)27)17-5-3-4-8-24-17/h3-12H,1-2H3. The molecule has 27 heavy (non-hydrogen) atoms. The number of nitrogens with zero attached hydrogens (tertiary/aromatic N) is 5. The molecule has 0 unspecified atom stereocenters. The molecule has 0 atom stereocenters. The Kier molecular flexibility index (Phi) is 3.93. The molecule has 4 aromatic rings. The highest BCUT2D eigenvalue weighted by molar-refractivity contribution is 5.87. The Morgan fingerprint density at radius 1 is 1.00 bits per heavy atom. The van der Waals surface area contributed by atoms with Crippen molar-refractivity contribution in [3.63, 3.8) is 0 Å². The van der Waals surface area contributed by atoms with Crippen LogP contribution >= 0.6 is 0 Å². The molecule has 0 aliphatic rings. The van der Waals surface area contributed by atoms with Gasteiger partial charge in [-0.15, -0.1) is 0 Å². The van der Waals surface area contributed by atoms with Crippen LogP contribution in [0, 0.1) is 17.3 Å². The fourth-order valence-electron chi connectivity index (χ4n) is 3.12. The molecule has 0 radical (unpaired) electrons. The average molecular weight is 357 g/mol. The van der Waals surface area contributed by atoms with Crippen molar-refractivity contribution in [3.05, 3.63) is 67.0 Å². The Labute approximate surface area is 155 Å². The van der Waals surface area contributed by atoms with E-state index < -0.39 is 11.5 Å². The van der Waals surface area contributed by atoms with Gasteiger partial charge in [0.25, 0.3) is 0 Å². The molecule has 0 saturated carbocycles. The van der Waals surface area contributed by atoms with Crippen LogP contribution in [0.25, 0.3) is 33.5 Å². The molecule has 5 nitrogen and oxygen atoms in total. The zero-order valence-electron chi connectivity index (χ0n) is 14.9. The largest absolute Gasteiger partial charge is 0.307 e. The van der Waals surface area contributed by atoms with Crippen LogP contribution in [-0.2, 0) is 5.54 Å². The lowest BCUT2D eigenvalue weighted by Gasteiger charge is -2.22. The van der Waals surface area contributed by atoms with E-state index in [9.17, 15) is 9.65 Å². The number of pyridine rings is 3. The maximum absolute atomic E-state index is 13.3. The first kappa shape index (κ1) is 16.9. The summed E-state index contributed by atoms with van der Waals surface area (Å²) in [4.78, 5) is 12.7. The van der Waals surface area contributed by atoms with Gasteiger partial charge >= 0.3 is 0 Å². The van der Waals surface area contributed by atoms with Crippen molar-refractivity contribution in [1.29, 1.82) is 5.26 Å². The number of halogens is 1. The molecule has 132 valence electrons. The van der Waals surface area contributed by atoms with E-state index in [1.165, 1.54) is 12.3 Å². The van der Waals surface area contributed by atoms with Crippen LogP contribution in [0.2, 0.25) is 0 Å². The summed E-state index contributed by atoms with van der Waals surface area (Å²) in [7, 11) is 0. The maximum atomic E-state index is 13.3. The van der Waals surface area contributed by atoms with Gasteiger partial charge in [0.1, 0.15) is 11.2 Å². The van der Waals surface area contributed by atoms with Crippen LogP contribution in [0.5, 0.6) is 0 Å². The summed E-state index contributed by atoms with van der Waals surface area (Å²) in [6, 6.07) is 14.9. The van der Waals surface area contributed by atoms with Crippen LogP contribution in [0.4, 0.5) is 4.39 Å².